The van der Waals surface area contributed by atoms with E-state index in [4.69, 9.17) is 9.47 Å². The molecule has 5 fully saturated rings. The maximum atomic E-state index is 11.4. The third kappa shape index (κ3) is 5.26. The minimum absolute atomic E-state index is 0. The van der Waals surface area contributed by atoms with Crippen molar-refractivity contribution in [2.45, 2.75) is 84.8 Å². The van der Waals surface area contributed by atoms with Crippen molar-refractivity contribution in [1.82, 2.24) is 0 Å². The van der Waals surface area contributed by atoms with Crippen molar-refractivity contribution in [2.75, 3.05) is 13.2 Å². The summed E-state index contributed by atoms with van der Waals surface area (Å²) in [5.41, 5.74) is 0. The molecule has 0 aromatic rings. The van der Waals surface area contributed by atoms with E-state index in [2.05, 4.69) is 0 Å². The topological polar surface area (TPSA) is 69.7 Å². The number of fused-ring (bicyclic) bond motifs is 4. The molecule has 5 aliphatic rings. The summed E-state index contributed by atoms with van der Waals surface area (Å²) in [6.07, 6.45) is 8.40. The molecular weight excluding hydrogens is 344 g/mol. The fraction of sp³-hybridized carbons (Fsp3) is 0.864. The molecule has 4 aliphatic carbocycles. The van der Waals surface area contributed by atoms with Gasteiger partial charge in [0.15, 0.2) is 5.79 Å². The number of hydrogen-bond donors (Lipinski definition) is 0. The average Bonchev–Trinajstić information content (AvgIpc) is 2.92. The highest BCUT2D eigenvalue weighted by atomic mass is 16.7. The van der Waals surface area contributed by atoms with Crippen molar-refractivity contribution in [1.29, 1.82) is 0 Å². The first-order chi connectivity index (χ1) is 12.0. The zero-order valence-corrected chi connectivity index (χ0v) is 14.8. The van der Waals surface area contributed by atoms with E-state index in [1.54, 1.807) is 0 Å². The first-order valence-electron chi connectivity index (χ1n) is 9.83. The van der Waals surface area contributed by atoms with Crippen LogP contribution in [0, 0.1) is 23.7 Å². The lowest BCUT2D eigenvalue weighted by atomic mass is 9.69. The van der Waals surface area contributed by atoms with E-state index in [0.29, 0.717) is 66.7 Å². The van der Waals surface area contributed by atoms with Crippen molar-refractivity contribution in [3.63, 3.8) is 0 Å². The Balaban J connectivity index is 0.000000185. The van der Waals surface area contributed by atoms with E-state index in [1.807, 2.05) is 0 Å². The summed E-state index contributed by atoms with van der Waals surface area (Å²) in [5.74, 6) is 2.75. The Morgan fingerprint density at radius 3 is 1.33 bits per heavy atom. The molecule has 154 valence electrons. The average molecular weight is 381 g/mol. The third-order valence-corrected chi connectivity index (χ3v) is 6.44. The fourth-order valence-corrected chi connectivity index (χ4v) is 5.78. The molecule has 0 radical (unpaired) electrons. The summed E-state index contributed by atoms with van der Waals surface area (Å²) >= 11 is 0. The van der Waals surface area contributed by atoms with E-state index >= 15 is 0 Å². The first-order valence-corrected chi connectivity index (χ1v) is 9.83. The Bertz CT molecular complexity index is 507. The van der Waals surface area contributed by atoms with Gasteiger partial charge in [0, 0.05) is 51.4 Å². The zero-order chi connectivity index (χ0) is 17.4. The molecular formula is C22H36O5. The van der Waals surface area contributed by atoms with Crippen LogP contribution in [0.2, 0.25) is 0 Å². The van der Waals surface area contributed by atoms with Gasteiger partial charge in [0.25, 0.3) is 0 Å². The van der Waals surface area contributed by atoms with Crippen molar-refractivity contribution in [3.05, 3.63) is 0 Å². The van der Waals surface area contributed by atoms with Crippen LogP contribution in [-0.2, 0) is 23.9 Å². The van der Waals surface area contributed by atoms with Gasteiger partial charge in [-0.1, -0.05) is 14.9 Å². The SMILES string of the molecule is C.C.O=C1CC2CC(=O)CC(C1)C2.O=C1CC2CC(C1)CC1(C2)OCCO1. The van der Waals surface area contributed by atoms with Gasteiger partial charge < -0.3 is 9.47 Å². The molecule has 4 bridgehead atoms. The molecule has 1 heterocycles. The minimum atomic E-state index is -0.297. The number of rotatable bonds is 0. The molecule has 27 heavy (non-hydrogen) atoms. The largest absolute Gasteiger partial charge is 0.348 e. The molecule has 0 aromatic heterocycles. The summed E-state index contributed by atoms with van der Waals surface area (Å²) in [6, 6.07) is 0. The lowest BCUT2D eigenvalue weighted by Gasteiger charge is -2.43. The highest BCUT2D eigenvalue weighted by Gasteiger charge is 2.47. The predicted molar refractivity (Wildman–Crippen MR) is 103 cm³/mol. The maximum absolute atomic E-state index is 11.4. The summed E-state index contributed by atoms with van der Waals surface area (Å²) in [7, 11) is 0. The maximum Gasteiger partial charge on any atom is 0.169 e. The number of carbonyl (C=O) groups is 3. The second kappa shape index (κ2) is 8.95. The van der Waals surface area contributed by atoms with Gasteiger partial charge in [0.1, 0.15) is 17.3 Å². The summed E-state index contributed by atoms with van der Waals surface area (Å²) < 4.78 is 11.4. The van der Waals surface area contributed by atoms with E-state index in [9.17, 15) is 14.4 Å². The fourth-order valence-electron chi connectivity index (χ4n) is 5.78. The van der Waals surface area contributed by atoms with Gasteiger partial charge in [0.2, 0.25) is 0 Å². The Morgan fingerprint density at radius 1 is 0.593 bits per heavy atom. The first kappa shape index (κ1) is 22.2. The molecule has 0 amide bonds. The number of ether oxygens (including phenoxy) is 2. The van der Waals surface area contributed by atoms with Gasteiger partial charge in [-0.15, -0.1) is 0 Å². The number of ketones is 3. The third-order valence-electron chi connectivity index (χ3n) is 6.44. The Kier molecular flexibility index (Phi) is 7.37. The van der Waals surface area contributed by atoms with Crippen LogP contribution in [0.25, 0.3) is 0 Å². The molecule has 2 atom stereocenters. The number of hydrogen-bond acceptors (Lipinski definition) is 5. The molecule has 1 spiro atoms. The van der Waals surface area contributed by atoms with Gasteiger partial charge in [-0.2, -0.15) is 0 Å². The number of carbonyl (C=O) groups excluding carboxylic acids is 3. The van der Waals surface area contributed by atoms with Crippen LogP contribution in [0.5, 0.6) is 0 Å². The lowest BCUT2D eigenvalue weighted by Crippen LogP contribution is -2.43. The second-order valence-electron chi connectivity index (χ2n) is 8.79. The quantitative estimate of drug-likeness (QED) is 0.632. The van der Waals surface area contributed by atoms with E-state index < -0.39 is 0 Å². The molecule has 5 heteroatoms. The highest BCUT2D eigenvalue weighted by molar-refractivity contribution is 5.86. The summed E-state index contributed by atoms with van der Waals surface area (Å²) in [5, 5.41) is 0. The van der Waals surface area contributed by atoms with Crippen molar-refractivity contribution >= 4 is 17.3 Å². The monoisotopic (exact) mass is 380 g/mol. The molecule has 5 rings (SSSR count). The zero-order valence-electron chi connectivity index (χ0n) is 14.8. The normalized spacial score (nSPS) is 36.2. The molecule has 0 N–H and O–H groups in total. The van der Waals surface area contributed by atoms with Crippen LogP contribution in [0.1, 0.15) is 79.1 Å². The van der Waals surface area contributed by atoms with Crippen LogP contribution >= 0.6 is 0 Å². The van der Waals surface area contributed by atoms with Gasteiger partial charge in [0.05, 0.1) is 13.2 Å². The lowest BCUT2D eigenvalue weighted by molar-refractivity contribution is -0.202. The smallest absolute Gasteiger partial charge is 0.169 e. The van der Waals surface area contributed by atoms with Crippen molar-refractivity contribution < 1.29 is 23.9 Å². The van der Waals surface area contributed by atoms with Crippen molar-refractivity contribution in [2.24, 2.45) is 23.7 Å². The molecule has 0 aromatic carbocycles. The van der Waals surface area contributed by atoms with Crippen molar-refractivity contribution in [3.8, 4) is 0 Å². The van der Waals surface area contributed by atoms with E-state index in [1.165, 1.54) is 6.42 Å². The Hall–Kier alpha value is -1.07. The van der Waals surface area contributed by atoms with Crippen LogP contribution < -0.4 is 0 Å². The standard InChI is InChI=1S/C11H16O3.C9H12O2.2CH4/c12-10-4-8-3-9(5-10)7-11(6-8)13-1-2-14-11;10-8-2-6-1-7(4-8)5-9(11)3-6;;/h8-9H,1-7H2;6-7H,1-5H2;2*1H4. The molecule has 5 nitrogen and oxygen atoms in total. The Labute approximate surface area is 163 Å². The molecule has 4 saturated carbocycles. The summed E-state index contributed by atoms with van der Waals surface area (Å²) in [6.45, 7) is 1.46. The van der Waals surface area contributed by atoms with Gasteiger partial charge in [-0.05, 0) is 36.5 Å². The molecule has 2 unspecified atom stereocenters. The molecule has 1 saturated heterocycles. The van der Waals surface area contributed by atoms with E-state index in [0.717, 1.165) is 45.3 Å². The predicted octanol–water partition coefficient (Wildman–Crippen LogP) is 4.12. The van der Waals surface area contributed by atoms with Crippen LogP contribution in [-0.4, -0.2) is 36.4 Å². The highest BCUT2D eigenvalue weighted by Crippen LogP contribution is 2.46. The van der Waals surface area contributed by atoms with Crippen LogP contribution in [0.15, 0.2) is 0 Å². The minimum Gasteiger partial charge on any atom is -0.348 e. The van der Waals surface area contributed by atoms with Gasteiger partial charge in [-0.25, -0.2) is 0 Å². The van der Waals surface area contributed by atoms with E-state index in [-0.39, 0.29) is 20.6 Å². The Morgan fingerprint density at radius 2 is 0.926 bits per heavy atom. The molecule has 1 aliphatic heterocycles. The van der Waals surface area contributed by atoms with Crippen LogP contribution in [0.4, 0.5) is 0 Å². The van der Waals surface area contributed by atoms with Gasteiger partial charge in [-0.3, -0.25) is 14.4 Å². The second-order valence-corrected chi connectivity index (χ2v) is 8.79. The van der Waals surface area contributed by atoms with Crippen LogP contribution in [0.3, 0.4) is 0 Å². The summed E-state index contributed by atoms with van der Waals surface area (Å²) in [4.78, 5) is 33.5. The van der Waals surface area contributed by atoms with Gasteiger partial charge >= 0.3 is 0 Å². The number of Topliss-reactive ketones (excluding diaryl/α,β-unsaturated/α-hetero) is 3.